The standard InChI is InChI=1S/C26H38N4O2S/c1-20-11-7-8-16-30(20)17-10-15-27-24(31)14-9-18-33-26-28-21(2)23(25(32)29(26)3)19-22-12-5-4-6-13-22/h4-6,12-13,20H,7-11,14-19H2,1-3H3,(H,27,31). The molecule has 0 aliphatic carbocycles. The first-order valence-corrected chi connectivity index (χ1v) is 13.2. The number of piperidine rings is 1. The van der Waals surface area contributed by atoms with E-state index in [1.807, 2.05) is 37.3 Å². The Kier molecular flexibility index (Phi) is 10.0. The van der Waals surface area contributed by atoms with Crippen LogP contribution in [0.3, 0.4) is 0 Å². The maximum atomic E-state index is 12.9. The molecule has 1 aliphatic rings. The molecule has 180 valence electrons. The largest absolute Gasteiger partial charge is 0.356 e. The molecule has 3 rings (SSSR count). The topological polar surface area (TPSA) is 67.2 Å². The Balaban J connectivity index is 1.38. The third-order valence-electron chi connectivity index (χ3n) is 6.44. The number of aromatic nitrogens is 2. The summed E-state index contributed by atoms with van der Waals surface area (Å²) < 4.78 is 1.64. The molecule has 1 amide bonds. The second kappa shape index (κ2) is 12.9. The molecular formula is C26H38N4O2S. The summed E-state index contributed by atoms with van der Waals surface area (Å²) in [6.45, 7) is 7.21. The van der Waals surface area contributed by atoms with Gasteiger partial charge >= 0.3 is 0 Å². The Morgan fingerprint density at radius 3 is 2.76 bits per heavy atom. The lowest BCUT2D eigenvalue weighted by atomic mass is 10.0. The zero-order valence-electron chi connectivity index (χ0n) is 20.3. The second-order valence-corrected chi connectivity index (χ2v) is 10.1. The quantitative estimate of drug-likeness (QED) is 0.306. The van der Waals surface area contributed by atoms with Gasteiger partial charge in [-0.15, -0.1) is 0 Å². The fourth-order valence-electron chi connectivity index (χ4n) is 4.35. The van der Waals surface area contributed by atoms with E-state index in [-0.39, 0.29) is 11.5 Å². The molecule has 1 aromatic carbocycles. The van der Waals surface area contributed by atoms with Gasteiger partial charge in [0.1, 0.15) is 0 Å². The molecule has 0 bridgehead atoms. The lowest BCUT2D eigenvalue weighted by Gasteiger charge is -2.33. The molecule has 33 heavy (non-hydrogen) atoms. The van der Waals surface area contributed by atoms with Gasteiger partial charge in [-0.1, -0.05) is 48.5 Å². The number of thioether (sulfide) groups is 1. The van der Waals surface area contributed by atoms with Crippen molar-refractivity contribution in [2.24, 2.45) is 7.05 Å². The van der Waals surface area contributed by atoms with Gasteiger partial charge in [0.2, 0.25) is 5.91 Å². The van der Waals surface area contributed by atoms with Crippen molar-refractivity contribution >= 4 is 17.7 Å². The monoisotopic (exact) mass is 470 g/mol. The molecule has 6 nitrogen and oxygen atoms in total. The van der Waals surface area contributed by atoms with Gasteiger partial charge in [0.05, 0.1) is 0 Å². The van der Waals surface area contributed by atoms with E-state index in [0.29, 0.717) is 24.0 Å². The van der Waals surface area contributed by atoms with E-state index in [2.05, 4.69) is 22.1 Å². The van der Waals surface area contributed by atoms with Crippen LogP contribution in [0, 0.1) is 6.92 Å². The number of carbonyl (C=O) groups excluding carboxylic acids is 1. The Bertz CT molecular complexity index is 961. The van der Waals surface area contributed by atoms with Gasteiger partial charge in [0, 0.05) is 56.0 Å². The molecule has 1 saturated heterocycles. The Labute approximate surface area is 202 Å². The van der Waals surface area contributed by atoms with Crippen molar-refractivity contribution in [2.75, 3.05) is 25.4 Å². The maximum Gasteiger partial charge on any atom is 0.257 e. The molecule has 7 heteroatoms. The highest BCUT2D eigenvalue weighted by atomic mass is 32.2. The highest BCUT2D eigenvalue weighted by molar-refractivity contribution is 7.99. The van der Waals surface area contributed by atoms with E-state index >= 15 is 0 Å². The minimum atomic E-state index is 0.00891. The summed E-state index contributed by atoms with van der Waals surface area (Å²) in [5.74, 6) is 0.870. The molecule has 1 unspecified atom stereocenters. The highest BCUT2D eigenvalue weighted by Gasteiger charge is 2.17. The SMILES string of the molecule is Cc1nc(SCCCC(=O)NCCCN2CCCCC2C)n(C)c(=O)c1Cc1ccccc1. The molecule has 0 radical (unpaired) electrons. The number of carbonyl (C=O) groups is 1. The molecule has 0 saturated carbocycles. The van der Waals surface area contributed by atoms with E-state index in [9.17, 15) is 9.59 Å². The van der Waals surface area contributed by atoms with Crippen LogP contribution in [0.4, 0.5) is 0 Å². The van der Waals surface area contributed by atoms with E-state index in [1.165, 1.54) is 25.8 Å². The van der Waals surface area contributed by atoms with E-state index in [1.54, 1.807) is 23.4 Å². The van der Waals surface area contributed by atoms with Crippen LogP contribution in [0.2, 0.25) is 0 Å². The van der Waals surface area contributed by atoms with Crippen molar-refractivity contribution < 1.29 is 4.79 Å². The summed E-state index contributed by atoms with van der Waals surface area (Å²) in [7, 11) is 1.78. The lowest BCUT2D eigenvalue weighted by Crippen LogP contribution is -2.39. The van der Waals surface area contributed by atoms with Gasteiger partial charge in [0.25, 0.3) is 5.56 Å². The van der Waals surface area contributed by atoms with Crippen LogP contribution < -0.4 is 10.9 Å². The zero-order valence-corrected chi connectivity index (χ0v) is 21.1. The normalized spacial score (nSPS) is 16.6. The maximum absolute atomic E-state index is 12.9. The fourth-order valence-corrected chi connectivity index (χ4v) is 5.30. The molecule has 1 fully saturated rings. The van der Waals surface area contributed by atoms with Gasteiger partial charge in [-0.3, -0.25) is 14.2 Å². The molecule has 1 aliphatic heterocycles. The number of benzene rings is 1. The number of aryl methyl sites for hydroxylation is 1. The Morgan fingerprint density at radius 1 is 1.21 bits per heavy atom. The van der Waals surface area contributed by atoms with E-state index in [4.69, 9.17) is 0 Å². The van der Waals surface area contributed by atoms with Crippen LogP contribution in [-0.2, 0) is 18.3 Å². The first-order chi connectivity index (χ1) is 16.0. The molecule has 1 atom stereocenters. The summed E-state index contributed by atoms with van der Waals surface area (Å²) in [6, 6.07) is 10.7. The minimum Gasteiger partial charge on any atom is -0.356 e. The van der Waals surface area contributed by atoms with E-state index < -0.39 is 0 Å². The van der Waals surface area contributed by atoms with Crippen LogP contribution in [0.25, 0.3) is 0 Å². The van der Waals surface area contributed by atoms with Crippen molar-refractivity contribution in [3.05, 3.63) is 57.5 Å². The van der Waals surface area contributed by atoms with Crippen LogP contribution in [0.1, 0.15) is 62.3 Å². The van der Waals surface area contributed by atoms with Gasteiger partial charge in [-0.2, -0.15) is 0 Å². The van der Waals surface area contributed by atoms with Crippen LogP contribution in [0.15, 0.2) is 40.3 Å². The lowest BCUT2D eigenvalue weighted by molar-refractivity contribution is -0.121. The van der Waals surface area contributed by atoms with E-state index in [0.717, 1.165) is 48.5 Å². The number of likely N-dealkylation sites (tertiary alicyclic amines) is 1. The van der Waals surface area contributed by atoms with Gasteiger partial charge in [0.15, 0.2) is 5.16 Å². The fraction of sp³-hybridized carbons (Fsp3) is 0.577. The summed E-state index contributed by atoms with van der Waals surface area (Å²) in [6.07, 6.45) is 6.80. The third-order valence-corrected chi connectivity index (χ3v) is 7.55. The van der Waals surface area contributed by atoms with Gasteiger partial charge < -0.3 is 10.2 Å². The number of hydrogen-bond acceptors (Lipinski definition) is 5. The van der Waals surface area contributed by atoms with Crippen molar-refractivity contribution in [2.45, 2.75) is 70.0 Å². The molecule has 2 heterocycles. The highest BCUT2D eigenvalue weighted by Crippen LogP contribution is 2.18. The zero-order chi connectivity index (χ0) is 23.6. The van der Waals surface area contributed by atoms with Crippen LogP contribution >= 0.6 is 11.8 Å². The van der Waals surface area contributed by atoms with Crippen LogP contribution in [0.5, 0.6) is 0 Å². The third kappa shape index (κ3) is 7.71. The van der Waals surface area contributed by atoms with Crippen LogP contribution in [-0.4, -0.2) is 51.8 Å². The first kappa shape index (κ1) is 25.5. The van der Waals surface area contributed by atoms with Crippen molar-refractivity contribution in [1.82, 2.24) is 19.8 Å². The number of rotatable bonds is 11. The van der Waals surface area contributed by atoms with Gasteiger partial charge in [-0.25, -0.2) is 4.98 Å². The predicted molar refractivity (Wildman–Crippen MR) is 136 cm³/mol. The summed E-state index contributed by atoms with van der Waals surface area (Å²) in [4.78, 5) is 32.3. The molecule has 2 aromatic rings. The predicted octanol–water partition coefficient (Wildman–Crippen LogP) is 3.93. The minimum absolute atomic E-state index is 0.00891. The summed E-state index contributed by atoms with van der Waals surface area (Å²) >= 11 is 1.54. The average molecular weight is 471 g/mol. The molecule has 0 spiro atoms. The smallest absolute Gasteiger partial charge is 0.257 e. The summed E-state index contributed by atoms with van der Waals surface area (Å²) in [5, 5.41) is 3.76. The first-order valence-electron chi connectivity index (χ1n) is 12.2. The number of amides is 1. The average Bonchev–Trinajstić information content (AvgIpc) is 2.82. The number of hydrogen-bond donors (Lipinski definition) is 1. The Morgan fingerprint density at radius 2 is 2.00 bits per heavy atom. The molecule has 1 aromatic heterocycles. The molecule has 1 N–H and O–H groups in total. The number of nitrogens with zero attached hydrogens (tertiary/aromatic N) is 3. The number of nitrogens with one attached hydrogen (secondary N) is 1. The Hall–Kier alpha value is -2.12. The van der Waals surface area contributed by atoms with Crippen molar-refractivity contribution in [3.63, 3.8) is 0 Å². The summed E-state index contributed by atoms with van der Waals surface area (Å²) in [5.41, 5.74) is 2.64. The van der Waals surface area contributed by atoms with Crippen molar-refractivity contribution in [3.8, 4) is 0 Å². The molecular weight excluding hydrogens is 432 g/mol. The van der Waals surface area contributed by atoms with Gasteiger partial charge in [-0.05, 0) is 51.6 Å². The van der Waals surface area contributed by atoms with Crippen molar-refractivity contribution in [1.29, 1.82) is 0 Å². The second-order valence-electron chi connectivity index (χ2n) is 9.02.